The van der Waals surface area contributed by atoms with E-state index in [1.165, 1.54) is 173 Å². The van der Waals surface area contributed by atoms with Crippen molar-refractivity contribution in [3.63, 3.8) is 0 Å². The molecule has 9 nitrogen and oxygen atoms in total. The average Bonchev–Trinajstić information content (AvgIpc) is 3.26. The number of hydrogen-bond donors (Lipinski definition) is 6. The Morgan fingerprint density at radius 2 is 0.934 bits per heavy atom. The highest BCUT2D eigenvalue weighted by Crippen LogP contribution is 2.23. The summed E-state index contributed by atoms with van der Waals surface area (Å²) in [6.45, 7) is 3.76. The van der Waals surface area contributed by atoms with Crippen molar-refractivity contribution >= 4 is 5.91 Å². The number of aliphatic hydroxyl groups excluding tert-OH is 5. The molecule has 0 aliphatic carbocycles. The highest BCUT2D eigenvalue weighted by atomic mass is 16.7. The second kappa shape index (κ2) is 42.4. The third-order valence-corrected chi connectivity index (χ3v) is 12.2. The standard InChI is InChI=1S/C52H97NO8/c1-3-5-7-9-11-13-15-17-19-20-21-22-23-24-25-26-28-30-32-34-36-38-40-42-48(56)53-45(44-60-52-51(59)50(58)49(57)47(43-54)61-52)46(55)41-39-37-35-33-31-29-27-18-16-14-12-10-8-6-4-2/h20-21,31,33,39,41,45-47,49-52,54-55,57-59H,3-19,22-30,32,34-38,40,42-44H2,1-2H3,(H,53,56)/b21-20-,33-31+,41-39+. The fourth-order valence-corrected chi connectivity index (χ4v) is 8.05. The maximum Gasteiger partial charge on any atom is 0.220 e. The molecule has 0 bridgehead atoms. The quantitative estimate of drug-likeness (QED) is 0.0262. The number of allylic oxidation sites excluding steroid dienone is 5. The Bertz CT molecular complexity index is 1050. The molecular weight excluding hydrogens is 767 g/mol. The lowest BCUT2D eigenvalue weighted by atomic mass is 9.99. The minimum Gasteiger partial charge on any atom is -0.394 e. The Morgan fingerprint density at radius 1 is 0.541 bits per heavy atom. The summed E-state index contributed by atoms with van der Waals surface area (Å²) in [5, 5.41) is 54.3. The van der Waals surface area contributed by atoms with Crippen LogP contribution in [-0.4, -0.2) is 87.5 Å². The van der Waals surface area contributed by atoms with E-state index in [1.54, 1.807) is 6.08 Å². The van der Waals surface area contributed by atoms with Crippen molar-refractivity contribution in [1.82, 2.24) is 5.32 Å². The average molecular weight is 864 g/mol. The molecule has 0 aromatic carbocycles. The molecule has 7 atom stereocenters. The van der Waals surface area contributed by atoms with E-state index < -0.39 is 49.5 Å². The van der Waals surface area contributed by atoms with Crippen LogP contribution < -0.4 is 5.32 Å². The zero-order valence-corrected chi connectivity index (χ0v) is 39.4. The van der Waals surface area contributed by atoms with Gasteiger partial charge in [0.25, 0.3) is 0 Å². The monoisotopic (exact) mass is 864 g/mol. The predicted octanol–water partition coefficient (Wildman–Crippen LogP) is 11.6. The summed E-state index contributed by atoms with van der Waals surface area (Å²) >= 11 is 0. The minimum atomic E-state index is -1.57. The van der Waals surface area contributed by atoms with Gasteiger partial charge in [0.05, 0.1) is 25.4 Å². The first-order valence-corrected chi connectivity index (χ1v) is 25.7. The van der Waals surface area contributed by atoms with E-state index in [-0.39, 0.29) is 12.5 Å². The van der Waals surface area contributed by atoms with Gasteiger partial charge in [0, 0.05) is 6.42 Å². The zero-order valence-electron chi connectivity index (χ0n) is 39.4. The number of carbonyl (C=O) groups excluding carboxylic acids is 1. The lowest BCUT2D eigenvalue weighted by Crippen LogP contribution is -2.60. The van der Waals surface area contributed by atoms with Gasteiger partial charge in [0.1, 0.15) is 24.4 Å². The van der Waals surface area contributed by atoms with Crippen molar-refractivity contribution < 1.29 is 39.8 Å². The van der Waals surface area contributed by atoms with Gasteiger partial charge < -0.3 is 40.3 Å². The lowest BCUT2D eigenvalue weighted by Gasteiger charge is -2.40. The van der Waals surface area contributed by atoms with Gasteiger partial charge in [-0.05, 0) is 57.8 Å². The maximum absolute atomic E-state index is 13.0. The number of amides is 1. The predicted molar refractivity (Wildman–Crippen MR) is 253 cm³/mol. The fourth-order valence-electron chi connectivity index (χ4n) is 8.05. The van der Waals surface area contributed by atoms with E-state index in [2.05, 4.69) is 43.5 Å². The number of carbonyl (C=O) groups is 1. The number of unbranched alkanes of at least 4 members (excludes halogenated alkanes) is 29. The van der Waals surface area contributed by atoms with Crippen molar-refractivity contribution in [3.05, 3.63) is 36.5 Å². The molecule has 0 radical (unpaired) electrons. The van der Waals surface area contributed by atoms with Crippen molar-refractivity contribution in [3.8, 4) is 0 Å². The lowest BCUT2D eigenvalue weighted by molar-refractivity contribution is -0.302. The van der Waals surface area contributed by atoms with Gasteiger partial charge in [-0.25, -0.2) is 0 Å². The topological polar surface area (TPSA) is 149 Å². The summed E-state index contributed by atoms with van der Waals surface area (Å²) in [6, 6.07) is -0.820. The second-order valence-corrected chi connectivity index (χ2v) is 18.0. The highest BCUT2D eigenvalue weighted by Gasteiger charge is 2.44. The molecule has 1 aliphatic heterocycles. The molecule has 61 heavy (non-hydrogen) atoms. The van der Waals surface area contributed by atoms with Crippen LogP contribution in [0.25, 0.3) is 0 Å². The van der Waals surface area contributed by atoms with Crippen LogP contribution in [0.4, 0.5) is 0 Å². The summed E-state index contributed by atoms with van der Waals surface area (Å²) in [5.74, 6) is -0.187. The first-order chi connectivity index (χ1) is 29.8. The van der Waals surface area contributed by atoms with Crippen LogP contribution in [-0.2, 0) is 14.3 Å². The first-order valence-electron chi connectivity index (χ1n) is 25.7. The second-order valence-electron chi connectivity index (χ2n) is 18.0. The Labute approximate surface area is 374 Å². The Kier molecular flexibility index (Phi) is 39.9. The molecule has 1 rings (SSSR count). The third kappa shape index (κ3) is 32.7. The van der Waals surface area contributed by atoms with Crippen LogP contribution in [0.15, 0.2) is 36.5 Å². The number of aliphatic hydroxyl groups is 5. The molecule has 0 aromatic heterocycles. The summed E-state index contributed by atoms with van der Waals surface area (Å²) < 4.78 is 11.2. The van der Waals surface area contributed by atoms with Crippen molar-refractivity contribution in [2.45, 2.75) is 275 Å². The van der Waals surface area contributed by atoms with Gasteiger partial charge >= 0.3 is 0 Å². The normalized spacial score (nSPS) is 20.7. The highest BCUT2D eigenvalue weighted by molar-refractivity contribution is 5.76. The fraction of sp³-hybridized carbons (Fsp3) is 0.865. The molecule has 0 aromatic rings. The van der Waals surface area contributed by atoms with Crippen molar-refractivity contribution in [2.75, 3.05) is 13.2 Å². The van der Waals surface area contributed by atoms with E-state index in [1.807, 2.05) is 6.08 Å². The van der Waals surface area contributed by atoms with Crippen LogP contribution in [0, 0.1) is 0 Å². The molecule has 0 spiro atoms. The Morgan fingerprint density at radius 3 is 1.38 bits per heavy atom. The van der Waals surface area contributed by atoms with Gasteiger partial charge in [-0.1, -0.05) is 204 Å². The molecular formula is C52H97NO8. The zero-order chi connectivity index (χ0) is 44.4. The maximum atomic E-state index is 13.0. The summed E-state index contributed by atoms with van der Waals surface area (Å²) in [4.78, 5) is 13.0. The van der Waals surface area contributed by atoms with Gasteiger partial charge in [-0.2, -0.15) is 0 Å². The van der Waals surface area contributed by atoms with Crippen molar-refractivity contribution in [2.24, 2.45) is 0 Å². The van der Waals surface area contributed by atoms with Crippen LogP contribution in [0.2, 0.25) is 0 Å². The van der Waals surface area contributed by atoms with Gasteiger partial charge in [-0.15, -0.1) is 0 Å². The van der Waals surface area contributed by atoms with Gasteiger partial charge in [0.15, 0.2) is 6.29 Å². The van der Waals surface area contributed by atoms with Crippen LogP contribution in [0.1, 0.15) is 232 Å². The Balaban J connectivity index is 2.28. The molecule has 1 fully saturated rings. The SMILES string of the molecule is CCCCCCCCCC/C=C\CCCCCCCCCCCCCC(=O)NC(COC1OC(CO)C(O)C(O)C1O)C(O)/C=C/CC/C=C/CCCCCCCCCCC. The summed E-state index contributed by atoms with van der Waals surface area (Å²) in [6.07, 6.45) is 46.3. The van der Waals surface area contributed by atoms with Crippen LogP contribution in [0.3, 0.4) is 0 Å². The Hall–Kier alpha value is -1.59. The summed E-state index contributed by atoms with van der Waals surface area (Å²) in [7, 11) is 0. The van der Waals surface area contributed by atoms with Crippen LogP contribution in [0.5, 0.6) is 0 Å². The molecule has 9 heteroatoms. The molecule has 0 saturated carbocycles. The number of hydrogen-bond acceptors (Lipinski definition) is 8. The minimum absolute atomic E-state index is 0.187. The number of rotatable bonds is 43. The largest absolute Gasteiger partial charge is 0.394 e. The van der Waals surface area contributed by atoms with E-state index >= 15 is 0 Å². The van der Waals surface area contributed by atoms with Gasteiger partial charge in [-0.3, -0.25) is 4.79 Å². The molecule has 7 unspecified atom stereocenters. The van der Waals surface area contributed by atoms with Gasteiger partial charge in [0.2, 0.25) is 5.91 Å². The first kappa shape index (κ1) is 57.4. The number of ether oxygens (including phenoxy) is 2. The third-order valence-electron chi connectivity index (χ3n) is 12.2. The van der Waals surface area contributed by atoms with Crippen molar-refractivity contribution in [1.29, 1.82) is 0 Å². The number of nitrogens with one attached hydrogen (secondary N) is 1. The molecule has 1 saturated heterocycles. The van der Waals surface area contributed by atoms with Crippen LogP contribution >= 0.6 is 0 Å². The molecule has 6 N–H and O–H groups in total. The van der Waals surface area contributed by atoms with E-state index in [9.17, 15) is 30.3 Å². The molecule has 1 amide bonds. The summed E-state index contributed by atoms with van der Waals surface area (Å²) in [5.41, 5.74) is 0. The molecule has 1 aliphatic rings. The van der Waals surface area contributed by atoms with E-state index in [4.69, 9.17) is 9.47 Å². The molecule has 358 valence electrons. The smallest absolute Gasteiger partial charge is 0.220 e. The van der Waals surface area contributed by atoms with E-state index in [0.717, 1.165) is 38.5 Å². The van der Waals surface area contributed by atoms with E-state index in [0.29, 0.717) is 6.42 Å². The molecule has 1 heterocycles.